The summed E-state index contributed by atoms with van der Waals surface area (Å²) in [4.78, 5) is 3.61. The van der Waals surface area contributed by atoms with Crippen molar-refractivity contribution in [2.24, 2.45) is 0 Å². The maximum atomic E-state index is 10.8. The molecule has 0 atom stereocenters. The number of hydrogen-bond donors (Lipinski definition) is 0. The standard InChI is InChI=1S/C6H6Cl2N2O2S/c7-2-1-3-10-4-6(9-5-10)13(8,11)12/h1-2,4-5H,3H2/b2-1+. The molecule has 13 heavy (non-hydrogen) atoms. The van der Waals surface area contributed by atoms with E-state index in [-0.39, 0.29) is 5.03 Å². The zero-order chi connectivity index (χ0) is 9.90. The Bertz CT molecular complexity index is 410. The van der Waals surface area contributed by atoms with E-state index in [4.69, 9.17) is 22.3 Å². The Labute approximate surface area is 85.2 Å². The lowest BCUT2D eigenvalue weighted by atomic mass is 10.6. The summed E-state index contributed by atoms with van der Waals surface area (Å²) in [5.41, 5.74) is 1.34. The Morgan fingerprint density at radius 3 is 2.77 bits per heavy atom. The zero-order valence-corrected chi connectivity index (χ0v) is 8.72. The van der Waals surface area contributed by atoms with E-state index in [1.165, 1.54) is 18.1 Å². The van der Waals surface area contributed by atoms with E-state index in [0.29, 0.717) is 6.54 Å². The molecule has 1 rings (SSSR count). The predicted molar refractivity (Wildman–Crippen MR) is 50.3 cm³/mol. The number of aromatic nitrogens is 2. The van der Waals surface area contributed by atoms with Crippen molar-refractivity contribution >= 4 is 31.3 Å². The van der Waals surface area contributed by atoms with E-state index >= 15 is 0 Å². The normalized spacial score (nSPS) is 12.5. The van der Waals surface area contributed by atoms with Crippen LogP contribution in [-0.4, -0.2) is 18.0 Å². The second kappa shape index (κ2) is 4.13. The molecule has 4 nitrogen and oxygen atoms in total. The summed E-state index contributed by atoms with van der Waals surface area (Å²) in [5, 5.41) is -0.155. The van der Waals surface area contributed by atoms with Gasteiger partial charge in [-0.3, -0.25) is 0 Å². The molecule has 72 valence electrons. The lowest BCUT2D eigenvalue weighted by Gasteiger charge is -1.91. The Kier molecular flexibility index (Phi) is 3.35. The quantitative estimate of drug-likeness (QED) is 0.754. The maximum absolute atomic E-state index is 10.8. The van der Waals surface area contributed by atoms with Crippen LogP contribution in [0.15, 0.2) is 29.2 Å². The van der Waals surface area contributed by atoms with Gasteiger partial charge < -0.3 is 4.57 Å². The topological polar surface area (TPSA) is 52.0 Å². The van der Waals surface area contributed by atoms with Gasteiger partial charge in [0.15, 0.2) is 5.03 Å². The van der Waals surface area contributed by atoms with Gasteiger partial charge in [-0.05, 0) is 0 Å². The summed E-state index contributed by atoms with van der Waals surface area (Å²) in [6.07, 6.45) is 4.35. The predicted octanol–water partition coefficient (Wildman–Crippen LogP) is 1.56. The lowest BCUT2D eigenvalue weighted by molar-refractivity contribution is 0.606. The van der Waals surface area contributed by atoms with E-state index in [2.05, 4.69) is 4.98 Å². The molecule has 0 saturated heterocycles. The van der Waals surface area contributed by atoms with Crippen LogP contribution in [0.2, 0.25) is 0 Å². The molecule has 0 aliphatic heterocycles. The molecule has 0 unspecified atom stereocenters. The third-order valence-electron chi connectivity index (χ3n) is 1.26. The molecule has 1 heterocycles. The second-order valence-electron chi connectivity index (χ2n) is 2.21. The third kappa shape index (κ3) is 3.02. The molecule has 1 aromatic rings. The van der Waals surface area contributed by atoms with Gasteiger partial charge in [0.1, 0.15) is 0 Å². The number of allylic oxidation sites excluding steroid dienone is 1. The first-order valence-corrected chi connectivity index (χ1v) is 6.00. The van der Waals surface area contributed by atoms with Gasteiger partial charge in [-0.1, -0.05) is 17.7 Å². The highest BCUT2D eigenvalue weighted by atomic mass is 35.7. The minimum absolute atomic E-state index is 0.155. The molecule has 0 spiro atoms. The molecular formula is C6H6Cl2N2O2S. The first-order chi connectivity index (χ1) is 6.04. The van der Waals surface area contributed by atoms with Gasteiger partial charge in [0, 0.05) is 29.0 Å². The molecule has 7 heteroatoms. The highest BCUT2D eigenvalue weighted by Gasteiger charge is 2.12. The fourth-order valence-electron chi connectivity index (χ4n) is 0.727. The number of imidazole rings is 1. The highest BCUT2D eigenvalue weighted by molar-refractivity contribution is 8.13. The van der Waals surface area contributed by atoms with Crippen LogP contribution in [0, 0.1) is 0 Å². The summed E-state index contributed by atoms with van der Waals surface area (Å²) in [7, 11) is 1.33. The average molecular weight is 241 g/mol. The summed E-state index contributed by atoms with van der Waals surface area (Å²) < 4.78 is 23.1. The first kappa shape index (κ1) is 10.6. The third-order valence-corrected chi connectivity index (χ3v) is 2.63. The number of hydrogen-bond acceptors (Lipinski definition) is 3. The van der Waals surface area contributed by atoms with Crippen LogP contribution < -0.4 is 0 Å². The average Bonchev–Trinajstić information content (AvgIpc) is 2.47. The van der Waals surface area contributed by atoms with Gasteiger partial charge in [-0.2, -0.15) is 0 Å². The van der Waals surface area contributed by atoms with E-state index in [9.17, 15) is 8.42 Å². The number of halogens is 2. The molecule has 0 saturated carbocycles. The SMILES string of the molecule is O=S(=O)(Cl)c1cn(C/C=C/Cl)cn1. The van der Waals surface area contributed by atoms with Crippen molar-refractivity contribution in [3.05, 3.63) is 24.1 Å². The molecular weight excluding hydrogens is 235 g/mol. The Morgan fingerprint density at radius 1 is 1.62 bits per heavy atom. The Morgan fingerprint density at radius 2 is 2.31 bits per heavy atom. The summed E-state index contributed by atoms with van der Waals surface area (Å²) in [6.45, 7) is 0.461. The largest absolute Gasteiger partial charge is 0.332 e. The van der Waals surface area contributed by atoms with Crippen LogP contribution >= 0.6 is 22.3 Å². The fourth-order valence-corrected chi connectivity index (χ4v) is 1.48. The number of nitrogens with zero attached hydrogens (tertiary/aromatic N) is 2. The molecule has 0 amide bonds. The maximum Gasteiger partial charge on any atom is 0.280 e. The Hall–Kier alpha value is -0.520. The van der Waals surface area contributed by atoms with Crippen molar-refractivity contribution < 1.29 is 8.42 Å². The van der Waals surface area contributed by atoms with Crippen LogP contribution in [0.1, 0.15) is 0 Å². The minimum atomic E-state index is -3.72. The summed E-state index contributed by atoms with van der Waals surface area (Å²) >= 11 is 5.29. The zero-order valence-electron chi connectivity index (χ0n) is 6.39. The molecule has 0 aliphatic rings. The van der Waals surface area contributed by atoms with Gasteiger partial charge in [0.05, 0.1) is 6.33 Å². The monoisotopic (exact) mass is 240 g/mol. The van der Waals surface area contributed by atoms with Crippen molar-refractivity contribution in [3.63, 3.8) is 0 Å². The van der Waals surface area contributed by atoms with Crippen LogP contribution in [0.5, 0.6) is 0 Å². The Balaban J connectivity index is 2.87. The first-order valence-electron chi connectivity index (χ1n) is 3.25. The molecule has 0 radical (unpaired) electrons. The van der Waals surface area contributed by atoms with Crippen LogP contribution in [0.25, 0.3) is 0 Å². The lowest BCUT2D eigenvalue weighted by Crippen LogP contribution is -1.91. The molecule has 0 fully saturated rings. The van der Waals surface area contributed by atoms with Crippen LogP contribution in [0.3, 0.4) is 0 Å². The summed E-state index contributed by atoms with van der Waals surface area (Å²) in [6, 6.07) is 0. The summed E-state index contributed by atoms with van der Waals surface area (Å²) in [5.74, 6) is 0. The van der Waals surface area contributed by atoms with Gasteiger partial charge >= 0.3 is 0 Å². The van der Waals surface area contributed by atoms with Crippen molar-refractivity contribution in [2.45, 2.75) is 11.6 Å². The minimum Gasteiger partial charge on any atom is -0.332 e. The van der Waals surface area contributed by atoms with Gasteiger partial charge in [0.2, 0.25) is 0 Å². The van der Waals surface area contributed by atoms with Crippen molar-refractivity contribution in [1.82, 2.24) is 9.55 Å². The van der Waals surface area contributed by atoms with Crippen molar-refractivity contribution in [2.75, 3.05) is 0 Å². The van der Waals surface area contributed by atoms with E-state index < -0.39 is 9.05 Å². The van der Waals surface area contributed by atoms with E-state index in [0.717, 1.165) is 0 Å². The molecule has 0 N–H and O–H groups in total. The molecule has 0 aromatic carbocycles. The van der Waals surface area contributed by atoms with Gasteiger partial charge in [0.25, 0.3) is 9.05 Å². The van der Waals surface area contributed by atoms with E-state index in [1.807, 2.05) is 0 Å². The molecule has 1 aromatic heterocycles. The highest BCUT2D eigenvalue weighted by Crippen LogP contribution is 2.11. The van der Waals surface area contributed by atoms with Crippen molar-refractivity contribution in [3.8, 4) is 0 Å². The second-order valence-corrected chi connectivity index (χ2v) is 4.97. The fraction of sp³-hybridized carbons (Fsp3) is 0.167. The smallest absolute Gasteiger partial charge is 0.280 e. The van der Waals surface area contributed by atoms with Gasteiger partial charge in [-0.15, -0.1) is 0 Å². The number of rotatable bonds is 3. The van der Waals surface area contributed by atoms with E-state index in [1.54, 1.807) is 10.6 Å². The van der Waals surface area contributed by atoms with Gasteiger partial charge in [-0.25, -0.2) is 13.4 Å². The van der Waals surface area contributed by atoms with Crippen molar-refractivity contribution in [1.29, 1.82) is 0 Å². The molecule has 0 bridgehead atoms. The van der Waals surface area contributed by atoms with Crippen LogP contribution in [0.4, 0.5) is 0 Å². The molecule has 0 aliphatic carbocycles. The van der Waals surface area contributed by atoms with Crippen LogP contribution in [-0.2, 0) is 15.6 Å².